The molecule has 77 heavy (non-hydrogen) atoms. The van der Waals surface area contributed by atoms with Crippen molar-refractivity contribution in [1.29, 1.82) is 0 Å². The fourth-order valence-electron chi connectivity index (χ4n) is 12.6. The summed E-state index contributed by atoms with van der Waals surface area (Å²) in [4.78, 5) is 11.5. The molecule has 0 saturated heterocycles. The van der Waals surface area contributed by atoms with Crippen molar-refractivity contribution in [1.82, 2.24) is 14.5 Å². The van der Waals surface area contributed by atoms with Gasteiger partial charge in [-0.1, -0.05) is 146 Å². The Morgan fingerprint density at radius 1 is 0.377 bits per heavy atom. The van der Waals surface area contributed by atoms with Crippen molar-refractivity contribution in [3.05, 3.63) is 253 Å². The predicted molar refractivity (Wildman–Crippen MR) is 330 cm³/mol. The van der Waals surface area contributed by atoms with Gasteiger partial charge in [0, 0.05) is 84.3 Å². The van der Waals surface area contributed by atoms with E-state index in [1.54, 1.807) is 0 Å². The molecule has 1 aliphatic heterocycles. The molecule has 360 valence electrons. The van der Waals surface area contributed by atoms with Gasteiger partial charge in [0.15, 0.2) is 11.5 Å². The minimum absolute atomic E-state index is 0.669. The molecule has 12 aromatic carbocycles. The summed E-state index contributed by atoms with van der Waals surface area (Å²) in [6, 6.07) is 87.0. The molecular formula is C70H43N5S2. The van der Waals surface area contributed by atoms with Gasteiger partial charge in [-0.05, 0) is 130 Å². The van der Waals surface area contributed by atoms with Gasteiger partial charge in [0.1, 0.15) is 5.84 Å². The molecule has 0 aliphatic carbocycles. The first-order valence-electron chi connectivity index (χ1n) is 26.2. The minimum atomic E-state index is -0.943. The van der Waals surface area contributed by atoms with Crippen LogP contribution in [0.3, 0.4) is 0 Å². The van der Waals surface area contributed by atoms with Crippen LogP contribution in [0.2, 0.25) is 0 Å². The fraction of sp³-hybridized carbons (Fsp3) is 0.0286. The molecule has 16 aromatic rings. The van der Waals surface area contributed by atoms with E-state index in [4.69, 9.17) is 9.98 Å². The number of hydrogen-bond donors (Lipinski definition) is 1. The number of benzene rings is 12. The molecule has 0 spiro atoms. The molecule has 0 radical (unpaired) electrons. The molecule has 0 bridgehead atoms. The first-order valence-corrected chi connectivity index (χ1v) is 27.8. The van der Waals surface area contributed by atoms with Crippen LogP contribution in [0.4, 0.5) is 0 Å². The van der Waals surface area contributed by atoms with E-state index in [1.807, 2.05) is 22.7 Å². The van der Waals surface area contributed by atoms with Crippen LogP contribution in [0, 0.1) is 0 Å². The van der Waals surface area contributed by atoms with Gasteiger partial charge in [-0.2, -0.15) is 0 Å². The van der Waals surface area contributed by atoms with E-state index in [2.05, 4.69) is 258 Å². The highest BCUT2D eigenvalue weighted by Crippen LogP contribution is 2.46. The van der Waals surface area contributed by atoms with Crippen molar-refractivity contribution in [2.75, 3.05) is 0 Å². The fourth-order valence-corrected chi connectivity index (χ4v) is 14.9. The maximum Gasteiger partial charge on any atom is 0.159 e. The number of aromatic nitrogens is 2. The van der Waals surface area contributed by atoms with Gasteiger partial charge in [-0.25, -0.2) is 9.98 Å². The first kappa shape index (κ1) is 42.9. The van der Waals surface area contributed by atoms with Crippen molar-refractivity contribution in [3.8, 4) is 11.4 Å². The van der Waals surface area contributed by atoms with Crippen molar-refractivity contribution >= 4 is 151 Å². The van der Waals surface area contributed by atoms with Gasteiger partial charge in [0.2, 0.25) is 0 Å². The lowest BCUT2D eigenvalue weighted by Gasteiger charge is -2.33. The third-order valence-corrected chi connectivity index (χ3v) is 18.5. The van der Waals surface area contributed by atoms with Gasteiger partial charge in [-0.3, -0.25) is 0 Å². The molecule has 4 aromatic heterocycles. The van der Waals surface area contributed by atoms with Crippen LogP contribution in [-0.2, 0) is 5.66 Å². The van der Waals surface area contributed by atoms with E-state index in [9.17, 15) is 0 Å². The Morgan fingerprint density at radius 2 is 1.03 bits per heavy atom. The average Bonchev–Trinajstić information content (AvgIpc) is 4.40. The molecule has 5 heterocycles. The van der Waals surface area contributed by atoms with Gasteiger partial charge in [-0.15, -0.1) is 22.7 Å². The minimum Gasteiger partial charge on any atom is -0.342 e. The molecule has 17 rings (SSSR count). The lowest BCUT2D eigenvalue weighted by Crippen LogP contribution is -2.46. The smallest absolute Gasteiger partial charge is 0.159 e. The van der Waals surface area contributed by atoms with Crippen LogP contribution in [0.5, 0.6) is 0 Å². The number of hydrogen-bond acceptors (Lipinski definition) is 5. The third kappa shape index (κ3) is 6.39. The SMILES string of the molecule is CC1(c2ccc3c4ccccc4n(-c4ccccc4)c3c2)N=C(c2cc(-n3c4cc5ccccc5cc4c4c5ccccc5ccc43)c3c(c2)sc2cc4ccccc4cc23)N=C(c2ccc3sc4ccccc4c3c2)N1. The number of nitrogens with one attached hydrogen (secondary N) is 1. The number of aliphatic imine (C=N–C) groups is 2. The van der Waals surface area contributed by atoms with Crippen LogP contribution in [0.15, 0.2) is 247 Å². The van der Waals surface area contributed by atoms with Crippen LogP contribution < -0.4 is 5.32 Å². The topological polar surface area (TPSA) is 46.6 Å². The molecule has 0 amide bonds. The summed E-state index contributed by atoms with van der Waals surface area (Å²) in [5.74, 6) is 1.44. The number of nitrogens with zero attached hydrogens (tertiary/aromatic N) is 4. The maximum absolute atomic E-state index is 5.84. The van der Waals surface area contributed by atoms with Crippen molar-refractivity contribution in [3.63, 3.8) is 0 Å². The second kappa shape index (κ2) is 16.1. The first-order chi connectivity index (χ1) is 38.0. The summed E-state index contributed by atoms with van der Waals surface area (Å²) in [6.07, 6.45) is 0. The molecule has 1 atom stereocenters. The molecule has 7 heteroatoms. The molecule has 0 fully saturated rings. The molecule has 1 aliphatic rings. The Labute approximate surface area is 449 Å². The number of rotatable bonds is 5. The van der Waals surface area contributed by atoms with E-state index in [0.29, 0.717) is 5.84 Å². The van der Waals surface area contributed by atoms with Crippen LogP contribution in [0.1, 0.15) is 23.6 Å². The van der Waals surface area contributed by atoms with Crippen molar-refractivity contribution in [2.45, 2.75) is 12.6 Å². The Hall–Kier alpha value is -9.40. The second-order valence-electron chi connectivity index (χ2n) is 20.7. The third-order valence-electron chi connectivity index (χ3n) is 16.2. The number of fused-ring (bicyclic) bond motifs is 16. The van der Waals surface area contributed by atoms with Crippen LogP contribution >= 0.6 is 22.7 Å². The maximum atomic E-state index is 5.84. The highest BCUT2D eigenvalue weighted by Gasteiger charge is 2.34. The van der Waals surface area contributed by atoms with E-state index in [1.165, 1.54) is 99.7 Å². The largest absolute Gasteiger partial charge is 0.342 e. The van der Waals surface area contributed by atoms with E-state index in [-0.39, 0.29) is 0 Å². The highest BCUT2D eigenvalue weighted by molar-refractivity contribution is 7.26. The van der Waals surface area contributed by atoms with Crippen LogP contribution in [0.25, 0.3) is 128 Å². The summed E-state index contributed by atoms with van der Waals surface area (Å²) in [5, 5.41) is 21.1. The van der Waals surface area contributed by atoms with Gasteiger partial charge >= 0.3 is 0 Å². The zero-order valence-electron chi connectivity index (χ0n) is 41.6. The lowest BCUT2D eigenvalue weighted by molar-refractivity contribution is 0.455. The number of amidine groups is 2. The Morgan fingerprint density at radius 3 is 1.86 bits per heavy atom. The summed E-state index contributed by atoms with van der Waals surface area (Å²) >= 11 is 3.68. The monoisotopic (exact) mass is 1020 g/mol. The van der Waals surface area contributed by atoms with Gasteiger partial charge in [0.05, 0.1) is 27.8 Å². The summed E-state index contributed by atoms with van der Waals surface area (Å²) in [7, 11) is 0. The van der Waals surface area contributed by atoms with Gasteiger partial charge in [0.25, 0.3) is 0 Å². The van der Waals surface area contributed by atoms with Crippen LogP contribution in [-0.4, -0.2) is 20.8 Å². The van der Waals surface area contributed by atoms with E-state index in [0.717, 1.165) is 50.5 Å². The Bertz CT molecular complexity index is 5280. The van der Waals surface area contributed by atoms with Crippen molar-refractivity contribution < 1.29 is 0 Å². The summed E-state index contributed by atoms with van der Waals surface area (Å²) in [5.41, 5.74) is 8.88. The lowest BCUT2D eigenvalue weighted by atomic mass is 9.97. The van der Waals surface area contributed by atoms with Crippen molar-refractivity contribution in [2.24, 2.45) is 9.98 Å². The standard InChI is InChI=1S/C70H43N5S2/c1-70(48-29-30-52-51-23-11-13-25-57(51)74(60(52)40-48)49-20-3-2-4-21-49)72-68(46-28-32-63-54(35-46)53-24-12-14-26-62(53)76-63)71-69(73-70)47-37-61(67-56-34-43-17-6-8-19-45(43)38-64(56)77-65(67)39-47)75-58-31-27-41-15-9-10-22-50(41)66(58)55-33-42-16-5-7-18-44(42)36-59(55)75/h2-40H,1H3,(H,71,72,73). The molecule has 5 nitrogen and oxygen atoms in total. The quantitative estimate of drug-likeness (QED) is 0.183. The Kier molecular flexibility index (Phi) is 8.95. The number of para-hydroxylation sites is 2. The number of thiophene rings is 2. The summed E-state index contributed by atoms with van der Waals surface area (Å²) in [6.45, 7) is 2.21. The Balaban J connectivity index is 0.965. The molecular weight excluding hydrogens is 975 g/mol. The molecule has 1 unspecified atom stereocenters. The zero-order chi connectivity index (χ0) is 50.5. The molecule has 0 saturated carbocycles. The average molecular weight is 1020 g/mol. The van der Waals surface area contributed by atoms with Gasteiger partial charge < -0.3 is 14.5 Å². The highest BCUT2D eigenvalue weighted by atomic mass is 32.1. The van der Waals surface area contributed by atoms with E-state index >= 15 is 0 Å². The zero-order valence-corrected chi connectivity index (χ0v) is 43.3. The van der Waals surface area contributed by atoms with E-state index < -0.39 is 5.66 Å². The second-order valence-corrected chi connectivity index (χ2v) is 22.9. The predicted octanol–water partition coefficient (Wildman–Crippen LogP) is 18.7. The molecule has 1 N–H and O–H groups in total. The normalized spacial score (nSPS) is 15.1. The summed E-state index contributed by atoms with van der Waals surface area (Å²) < 4.78 is 9.87.